The zero-order valence-electron chi connectivity index (χ0n) is 19.9. The van der Waals surface area contributed by atoms with E-state index in [9.17, 15) is 4.79 Å². The minimum atomic E-state index is -0.0931. The molecule has 1 aromatic carbocycles. The second kappa shape index (κ2) is 7.37. The molecule has 0 unspecified atom stereocenters. The molecule has 1 heterocycles. The zero-order chi connectivity index (χ0) is 22.0. The van der Waals surface area contributed by atoms with Crippen LogP contribution in [0.3, 0.4) is 0 Å². The Labute approximate surface area is 187 Å². The molecule has 0 radical (unpaired) electrons. The number of carbonyl (C=O) groups is 1. The zero-order valence-corrected chi connectivity index (χ0v) is 19.9. The number of hydrogen-bond donors (Lipinski definition) is 1. The van der Waals surface area contributed by atoms with Gasteiger partial charge in [-0.25, -0.2) is 0 Å². The van der Waals surface area contributed by atoms with Crippen molar-refractivity contribution in [3.63, 3.8) is 0 Å². The number of benzene rings is 1. The molecular weight excluding hydrogens is 384 g/mol. The second-order valence-corrected chi connectivity index (χ2v) is 11.9. The van der Waals surface area contributed by atoms with Gasteiger partial charge in [0.1, 0.15) is 5.75 Å². The van der Waals surface area contributed by atoms with Crippen molar-refractivity contribution in [3.05, 3.63) is 34.9 Å². The maximum absolute atomic E-state index is 13.8. The molecule has 4 fully saturated rings. The minimum absolute atomic E-state index is 0.0886. The average Bonchev–Trinajstić information content (AvgIpc) is 2.65. The summed E-state index contributed by atoms with van der Waals surface area (Å²) in [6.07, 6.45) is 10.4. The van der Waals surface area contributed by atoms with Crippen molar-refractivity contribution in [3.8, 4) is 5.75 Å². The molecule has 1 N–H and O–H groups in total. The number of nitrogens with one attached hydrogen (secondary N) is 1. The lowest BCUT2D eigenvalue weighted by Crippen LogP contribution is -2.50. The number of rotatable bonds is 5. The summed E-state index contributed by atoms with van der Waals surface area (Å²) in [4.78, 5) is 16.0. The topological polar surface area (TPSA) is 41.6 Å². The van der Waals surface area contributed by atoms with Crippen molar-refractivity contribution in [1.29, 1.82) is 0 Å². The first-order valence-electron chi connectivity index (χ1n) is 12.1. The first-order valence-corrected chi connectivity index (χ1v) is 12.1. The molecule has 0 amide bonds. The average molecular weight is 423 g/mol. The molecule has 1 aliphatic heterocycles. The van der Waals surface area contributed by atoms with Crippen LogP contribution in [0.2, 0.25) is 0 Å². The summed E-state index contributed by atoms with van der Waals surface area (Å²) >= 11 is 0. The van der Waals surface area contributed by atoms with Crippen LogP contribution in [-0.2, 0) is 17.8 Å². The second-order valence-electron chi connectivity index (χ2n) is 11.9. The van der Waals surface area contributed by atoms with Crippen LogP contribution in [-0.4, -0.2) is 37.4 Å². The highest BCUT2D eigenvalue weighted by Crippen LogP contribution is 2.60. The monoisotopic (exact) mass is 422 g/mol. The first kappa shape index (κ1) is 21.1. The number of carbonyl (C=O) groups excluding carboxylic acids is 1. The van der Waals surface area contributed by atoms with E-state index in [0.717, 1.165) is 61.4 Å². The Bertz CT molecular complexity index is 892. The Kier molecular flexibility index (Phi) is 5.00. The molecule has 168 valence electrons. The van der Waals surface area contributed by atoms with Crippen molar-refractivity contribution in [2.75, 3.05) is 21.2 Å². The van der Waals surface area contributed by atoms with Gasteiger partial charge in [0.2, 0.25) is 0 Å². The van der Waals surface area contributed by atoms with Gasteiger partial charge < -0.3 is 15.0 Å². The van der Waals surface area contributed by atoms with Gasteiger partial charge in [-0.3, -0.25) is 4.79 Å². The summed E-state index contributed by atoms with van der Waals surface area (Å²) in [5.41, 5.74) is 4.44. The summed E-state index contributed by atoms with van der Waals surface area (Å²) in [5, 5.41) is 3.72. The van der Waals surface area contributed by atoms with Crippen LogP contribution in [0.25, 0.3) is 5.70 Å². The summed E-state index contributed by atoms with van der Waals surface area (Å²) < 4.78 is 5.73. The number of hydrogen-bond acceptors (Lipinski definition) is 4. The van der Waals surface area contributed by atoms with Crippen molar-refractivity contribution >= 4 is 11.5 Å². The van der Waals surface area contributed by atoms with Crippen LogP contribution < -0.4 is 10.1 Å². The summed E-state index contributed by atoms with van der Waals surface area (Å²) in [6, 6.07) is 4.44. The SMILES string of the molecule is COc1cc2c(cc1CN(C)C)/C(=C/C(=O)C13CC4CC(CC(C4)C1)C3)NC(C)(C)C2. The number of methoxy groups -OCH3 is 1. The van der Waals surface area contributed by atoms with Gasteiger partial charge in [-0.2, -0.15) is 0 Å². The fourth-order valence-corrected chi connectivity index (χ4v) is 7.48. The van der Waals surface area contributed by atoms with Crippen LogP contribution in [0.1, 0.15) is 69.1 Å². The minimum Gasteiger partial charge on any atom is -0.496 e. The van der Waals surface area contributed by atoms with E-state index in [1.54, 1.807) is 7.11 Å². The van der Waals surface area contributed by atoms with Crippen molar-refractivity contribution < 1.29 is 9.53 Å². The summed E-state index contributed by atoms with van der Waals surface area (Å²) in [6.45, 7) is 5.26. The molecule has 4 nitrogen and oxygen atoms in total. The highest BCUT2D eigenvalue weighted by molar-refractivity contribution is 6.01. The molecule has 0 saturated heterocycles. The van der Waals surface area contributed by atoms with Crippen molar-refractivity contribution in [2.45, 2.75) is 70.9 Å². The van der Waals surface area contributed by atoms with Crippen LogP contribution in [0.15, 0.2) is 18.2 Å². The Morgan fingerprint density at radius 3 is 2.29 bits per heavy atom. The van der Waals surface area contributed by atoms with Crippen LogP contribution in [0.5, 0.6) is 5.75 Å². The quantitative estimate of drug-likeness (QED) is 0.692. The van der Waals surface area contributed by atoms with Crippen LogP contribution >= 0.6 is 0 Å². The molecule has 6 rings (SSSR count). The van der Waals surface area contributed by atoms with E-state index in [0.29, 0.717) is 5.78 Å². The fraction of sp³-hybridized carbons (Fsp3) is 0.667. The van der Waals surface area contributed by atoms with Crippen LogP contribution in [0.4, 0.5) is 0 Å². The van der Waals surface area contributed by atoms with E-state index in [-0.39, 0.29) is 11.0 Å². The summed E-state index contributed by atoms with van der Waals surface area (Å²) in [5.74, 6) is 3.67. The smallest absolute Gasteiger partial charge is 0.163 e. The largest absolute Gasteiger partial charge is 0.496 e. The molecule has 1 aromatic rings. The van der Waals surface area contributed by atoms with Gasteiger partial charge in [0, 0.05) is 40.4 Å². The lowest BCUT2D eigenvalue weighted by Gasteiger charge is -2.55. The van der Waals surface area contributed by atoms with E-state index >= 15 is 0 Å². The van der Waals surface area contributed by atoms with Crippen molar-refractivity contribution in [1.82, 2.24) is 10.2 Å². The molecule has 5 aliphatic rings. The molecule has 4 bridgehead atoms. The maximum atomic E-state index is 13.8. The Morgan fingerprint density at radius 2 is 1.74 bits per heavy atom. The van der Waals surface area contributed by atoms with Gasteiger partial charge in [0.05, 0.1) is 7.11 Å². The molecule has 4 aliphatic carbocycles. The van der Waals surface area contributed by atoms with E-state index < -0.39 is 0 Å². The van der Waals surface area contributed by atoms with E-state index in [4.69, 9.17) is 4.74 Å². The van der Waals surface area contributed by atoms with E-state index in [1.165, 1.54) is 36.0 Å². The molecule has 0 atom stereocenters. The molecule has 4 heteroatoms. The lowest BCUT2D eigenvalue weighted by atomic mass is 9.48. The first-order chi connectivity index (χ1) is 14.7. The Hall–Kier alpha value is -1.81. The maximum Gasteiger partial charge on any atom is 0.163 e. The van der Waals surface area contributed by atoms with Gasteiger partial charge in [0.25, 0.3) is 0 Å². The normalized spacial score (nSPS) is 34.0. The number of ether oxygens (including phenoxy) is 1. The number of ketones is 1. The van der Waals surface area contributed by atoms with Gasteiger partial charge >= 0.3 is 0 Å². The number of fused-ring (bicyclic) bond motifs is 1. The third-order valence-electron chi connectivity index (χ3n) is 8.22. The standard InChI is InChI=1S/C27H38N2O2/c1-26(2)15-20-10-24(31-5)21(16-29(3)4)9-22(20)23(28-26)11-25(30)27-12-17-6-18(13-27)8-19(7-17)14-27/h9-11,17-19,28H,6-8,12-16H2,1-5H3/b23-11-. The Balaban J connectivity index is 1.53. The summed E-state index contributed by atoms with van der Waals surface area (Å²) in [7, 11) is 5.90. The Morgan fingerprint density at radius 1 is 1.13 bits per heavy atom. The third-order valence-corrected chi connectivity index (χ3v) is 8.22. The van der Waals surface area contributed by atoms with Crippen molar-refractivity contribution in [2.24, 2.45) is 23.2 Å². The van der Waals surface area contributed by atoms with Crippen LogP contribution in [0, 0.1) is 23.2 Å². The predicted octanol–water partition coefficient (Wildman–Crippen LogP) is 4.81. The molecule has 0 aromatic heterocycles. The number of nitrogens with zero attached hydrogens (tertiary/aromatic N) is 1. The highest BCUT2D eigenvalue weighted by atomic mass is 16.5. The molecule has 0 spiro atoms. The third kappa shape index (κ3) is 3.82. The van der Waals surface area contributed by atoms with Gasteiger partial charge in [0.15, 0.2) is 5.78 Å². The molecule has 4 saturated carbocycles. The van der Waals surface area contributed by atoms with Gasteiger partial charge in [-0.05, 0) is 108 Å². The molecule has 31 heavy (non-hydrogen) atoms. The van der Waals surface area contributed by atoms with E-state index in [2.05, 4.69) is 50.3 Å². The van der Waals surface area contributed by atoms with Gasteiger partial charge in [-0.1, -0.05) is 0 Å². The fourth-order valence-electron chi connectivity index (χ4n) is 7.48. The highest BCUT2D eigenvalue weighted by Gasteiger charge is 2.54. The number of allylic oxidation sites excluding steroid dienone is 1. The predicted molar refractivity (Wildman–Crippen MR) is 125 cm³/mol. The molecular formula is C27H38N2O2. The lowest BCUT2D eigenvalue weighted by molar-refractivity contribution is -0.138. The van der Waals surface area contributed by atoms with E-state index in [1.807, 2.05) is 6.08 Å². The van der Waals surface area contributed by atoms with Gasteiger partial charge in [-0.15, -0.1) is 0 Å².